The minimum atomic E-state index is -1.38. The molecule has 0 aliphatic heterocycles. The van der Waals surface area contributed by atoms with Crippen LogP contribution in [0.4, 0.5) is 0 Å². The molecule has 0 unspecified atom stereocenters. The van der Waals surface area contributed by atoms with Crippen LogP contribution in [0.15, 0.2) is 42.0 Å². The van der Waals surface area contributed by atoms with Gasteiger partial charge in [-0.3, -0.25) is 9.59 Å². The van der Waals surface area contributed by atoms with Gasteiger partial charge in [-0.05, 0) is 18.9 Å². The minimum absolute atomic E-state index is 0.0579. The van der Waals surface area contributed by atoms with Gasteiger partial charge in [-0.2, -0.15) is 0 Å². The number of Topliss-reactive ketones (excluding diaryl/α,β-unsaturated/α-hetero) is 2. The standard InChI is InChI=1S/C19H22O5/c1-12(20)14-9-15-17(24-11-13-7-5-4-6-8-13)10-16(14)19(22-2,23-3)18(15)21/h4-9,15-17H,10-11H2,1-3H3/t15-,16-,17-/m1/s1. The predicted octanol–water partition coefficient (Wildman–Crippen LogP) is 2.30. The molecular formula is C19H22O5. The highest BCUT2D eigenvalue weighted by molar-refractivity contribution is 6.02. The Bertz CT molecular complexity index is 660. The van der Waals surface area contributed by atoms with Gasteiger partial charge in [0.25, 0.3) is 0 Å². The molecule has 0 amide bonds. The Balaban J connectivity index is 1.85. The van der Waals surface area contributed by atoms with Crippen LogP contribution in [0, 0.1) is 11.8 Å². The highest BCUT2D eigenvalue weighted by Crippen LogP contribution is 2.48. The van der Waals surface area contributed by atoms with E-state index in [2.05, 4.69) is 0 Å². The Morgan fingerprint density at radius 1 is 1.21 bits per heavy atom. The Morgan fingerprint density at radius 3 is 2.46 bits per heavy atom. The second-order valence-electron chi connectivity index (χ2n) is 6.27. The van der Waals surface area contributed by atoms with Crippen LogP contribution < -0.4 is 0 Å². The largest absolute Gasteiger partial charge is 0.372 e. The first-order valence-electron chi connectivity index (χ1n) is 8.06. The van der Waals surface area contributed by atoms with Crippen LogP contribution in [0.1, 0.15) is 18.9 Å². The molecule has 0 aromatic heterocycles. The average Bonchev–Trinajstić information content (AvgIpc) is 2.61. The van der Waals surface area contributed by atoms with E-state index in [4.69, 9.17) is 14.2 Å². The van der Waals surface area contributed by atoms with Gasteiger partial charge < -0.3 is 14.2 Å². The normalized spacial score (nSPS) is 27.9. The molecule has 1 aromatic rings. The fourth-order valence-corrected chi connectivity index (χ4v) is 3.81. The molecule has 5 heteroatoms. The summed E-state index contributed by atoms with van der Waals surface area (Å²) in [5.74, 6) is -2.59. The lowest BCUT2D eigenvalue weighted by Crippen LogP contribution is -2.62. The zero-order chi connectivity index (χ0) is 17.3. The van der Waals surface area contributed by atoms with Gasteiger partial charge in [0.1, 0.15) is 0 Å². The lowest BCUT2D eigenvalue weighted by Gasteiger charge is -2.49. The topological polar surface area (TPSA) is 61.8 Å². The van der Waals surface area contributed by atoms with Gasteiger partial charge in [0.05, 0.1) is 24.5 Å². The van der Waals surface area contributed by atoms with Crippen molar-refractivity contribution in [2.24, 2.45) is 11.8 Å². The van der Waals surface area contributed by atoms with Crippen molar-refractivity contribution in [3.05, 3.63) is 47.5 Å². The number of carbonyl (C=O) groups is 2. The van der Waals surface area contributed by atoms with Crippen molar-refractivity contribution in [3.8, 4) is 0 Å². The molecule has 3 aliphatic rings. The van der Waals surface area contributed by atoms with Gasteiger partial charge in [-0.15, -0.1) is 0 Å². The summed E-state index contributed by atoms with van der Waals surface area (Å²) in [6.07, 6.45) is 1.99. The zero-order valence-electron chi connectivity index (χ0n) is 14.2. The van der Waals surface area contributed by atoms with Crippen molar-refractivity contribution in [1.82, 2.24) is 0 Å². The average molecular weight is 330 g/mol. The number of ether oxygens (including phenoxy) is 3. The molecule has 0 radical (unpaired) electrons. The molecule has 1 saturated carbocycles. The number of methoxy groups -OCH3 is 2. The van der Waals surface area contributed by atoms with Crippen molar-refractivity contribution in [1.29, 1.82) is 0 Å². The molecule has 3 atom stereocenters. The van der Waals surface area contributed by atoms with Gasteiger partial charge in [0, 0.05) is 19.8 Å². The quantitative estimate of drug-likeness (QED) is 0.749. The second-order valence-corrected chi connectivity index (χ2v) is 6.27. The van der Waals surface area contributed by atoms with Crippen molar-refractivity contribution >= 4 is 11.6 Å². The van der Waals surface area contributed by atoms with Crippen LogP contribution in [-0.4, -0.2) is 37.7 Å². The molecule has 0 spiro atoms. The minimum Gasteiger partial charge on any atom is -0.372 e. The first-order valence-corrected chi connectivity index (χ1v) is 8.06. The molecule has 2 bridgehead atoms. The summed E-state index contributed by atoms with van der Waals surface area (Å²) < 4.78 is 16.9. The van der Waals surface area contributed by atoms with Gasteiger partial charge in [0.15, 0.2) is 5.78 Å². The number of carbonyl (C=O) groups excluding carboxylic acids is 2. The molecule has 1 aromatic carbocycles. The van der Waals surface area contributed by atoms with Crippen LogP contribution in [-0.2, 0) is 30.4 Å². The summed E-state index contributed by atoms with van der Waals surface area (Å²) in [5.41, 5.74) is 1.65. The number of rotatable bonds is 6. The first kappa shape index (κ1) is 17.0. The maximum atomic E-state index is 12.9. The number of ketones is 2. The van der Waals surface area contributed by atoms with E-state index in [0.29, 0.717) is 18.6 Å². The predicted molar refractivity (Wildman–Crippen MR) is 87.1 cm³/mol. The zero-order valence-corrected chi connectivity index (χ0v) is 14.2. The summed E-state index contributed by atoms with van der Waals surface area (Å²) in [5, 5.41) is 0. The fraction of sp³-hybridized carbons (Fsp3) is 0.474. The summed E-state index contributed by atoms with van der Waals surface area (Å²) in [7, 11) is 2.89. The fourth-order valence-electron chi connectivity index (χ4n) is 3.81. The molecule has 0 saturated heterocycles. The van der Waals surface area contributed by atoms with Gasteiger partial charge in [0.2, 0.25) is 11.6 Å². The van der Waals surface area contributed by atoms with E-state index in [-0.39, 0.29) is 17.7 Å². The Kier molecular flexibility index (Phi) is 4.67. The number of hydrogen-bond donors (Lipinski definition) is 0. The number of fused-ring (bicyclic) bond motifs is 2. The summed E-state index contributed by atoms with van der Waals surface area (Å²) >= 11 is 0. The highest BCUT2D eigenvalue weighted by Gasteiger charge is 2.60. The van der Waals surface area contributed by atoms with Gasteiger partial charge in [-0.1, -0.05) is 36.4 Å². The van der Waals surface area contributed by atoms with Crippen molar-refractivity contribution in [2.75, 3.05) is 14.2 Å². The summed E-state index contributed by atoms with van der Waals surface area (Å²) in [4.78, 5) is 24.8. The lowest BCUT2D eigenvalue weighted by molar-refractivity contribution is -0.247. The highest BCUT2D eigenvalue weighted by atomic mass is 16.7. The third-order valence-corrected chi connectivity index (χ3v) is 5.03. The Labute approximate surface area is 141 Å². The van der Waals surface area contributed by atoms with Crippen molar-refractivity contribution in [3.63, 3.8) is 0 Å². The van der Waals surface area contributed by atoms with Crippen LogP contribution >= 0.6 is 0 Å². The third-order valence-electron chi connectivity index (χ3n) is 5.03. The molecule has 5 nitrogen and oxygen atoms in total. The molecule has 3 aliphatic carbocycles. The Morgan fingerprint density at radius 2 is 1.88 bits per heavy atom. The molecule has 0 heterocycles. The summed E-state index contributed by atoms with van der Waals surface area (Å²) in [6, 6.07) is 9.81. The van der Waals surface area contributed by atoms with Crippen LogP contribution in [0.3, 0.4) is 0 Å². The molecule has 24 heavy (non-hydrogen) atoms. The van der Waals surface area contributed by atoms with Crippen LogP contribution in [0.2, 0.25) is 0 Å². The SMILES string of the molecule is COC1(OC)C(=O)[C@@H]2C=C(C(C)=O)[C@H]1C[C@H]2OCc1ccccc1. The van der Waals surface area contributed by atoms with Crippen LogP contribution in [0.5, 0.6) is 0 Å². The van der Waals surface area contributed by atoms with Gasteiger partial charge in [-0.25, -0.2) is 0 Å². The lowest BCUT2D eigenvalue weighted by atomic mass is 9.64. The second kappa shape index (κ2) is 6.59. The van der Waals surface area contributed by atoms with Crippen molar-refractivity contribution < 1.29 is 23.8 Å². The van der Waals surface area contributed by atoms with E-state index in [1.807, 2.05) is 30.3 Å². The third kappa shape index (κ3) is 2.62. The number of hydrogen-bond acceptors (Lipinski definition) is 5. The van der Waals surface area contributed by atoms with Crippen LogP contribution in [0.25, 0.3) is 0 Å². The smallest absolute Gasteiger partial charge is 0.236 e. The van der Waals surface area contributed by atoms with E-state index in [1.54, 1.807) is 6.08 Å². The summed E-state index contributed by atoms with van der Waals surface area (Å²) in [6.45, 7) is 1.94. The van der Waals surface area contributed by atoms with E-state index in [0.717, 1.165) is 5.56 Å². The Hall–Kier alpha value is -1.82. The first-order chi connectivity index (χ1) is 11.5. The molecule has 128 valence electrons. The maximum Gasteiger partial charge on any atom is 0.236 e. The van der Waals surface area contributed by atoms with E-state index >= 15 is 0 Å². The van der Waals surface area contributed by atoms with Gasteiger partial charge >= 0.3 is 0 Å². The monoisotopic (exact) mass is 330 g/mol. The molecular weight excluding hydrogens is 308 g/mol. The van der Waals surface area contributed by atoms with E-state index in [1.165, 1.54) is 21.1 Å². The number of benzene rings is 1. The van der Waals surface area contributed by atoms with Crippen molar-refractivity contribution in [2.45, 2.75) is 31.8 Å². The molecule has 4 rings (SSSR count). The van der Waals surface area contributed by atoms with E-state index in [9.17, 15) is 9.59 Å². The molecule has 0 N–H and O–H groups in total. The maximum absolute atomic E-state index is 12.9. The molecule has 1 fully saturated rings. The van der Waals surface area contributed by atoms with E-state index < -0.39 is 17.6 Å².